The lowest BCUT2D eigenvalue weighted by molar-refractivity contribution is 0.0383. The second-order valence-electron chi connectivity index (χ2n) is 5.70. The van der Waals surface area contributed by atoms with Crippen LogP contribution in [0.5, 0.6) is 0 Å². The zero-order chi connectivity index (χ0) is 17.6. The number of nitrogens with zero attached hydrogens (tertiary/aromatic N) is 2. The van der Waals surface area contributed by atoms with E-state index in [0.717, 1.165) is 19.6 Å². The Morgan fingerprint density at radius 2 is 2.00 bits per heavy atom. The Bertz CT molecular complexity index is 785. The Morgan fingerprint density at radius 1 is 1.28 bits per heavy atom. The first-order valence-corrected chi connectivity index (χ1v) is 8.07. The average molecular weight is 346 g/mol. The summed E-state index contributed by atoms with van der Waals surface area (Å²) in [5, 5.41) is 2.78. The zero-order valence-electron chi connectivity index (χ0n) is 13.6. The fraction of sp³-hybridized carbons (Fsp3) is 0.353. The molecule has 0 aliphatic carbocycles. The van der Waals surface area contributed by atoms with Crippen molar-refractivity contribution in [3.05, 3.63) is 52.3 Å². The van der Waals surface area contributed by atoms with Crippen LogP contribution >= 0.6 is 0 Å². The van der Waals surface area contributed by atoms with Crippen LogP contribution in [-0.4, -0.2) is 60.2 Å². The molecule has 3 rings (SSSR count). The molecule has 132 valence electrons. The fourth-order valence-corrected chi connectivity index (χ4v) is 2.60. The van der Waals surface area contributed by atoms with E-state index in [-0.39, 0.29) is 17.4 Å². The average Bonchev–Trinajstić information content (AvgIpc) is 2.62. The van der Waals surface area contributed by atoms with Crippen molar-refractivity contribution >= 4 is 5.91 Å². The first-order valence-electron chi connectivity index (χ1n) is 8.07. The fourth-order valence-electron chi connectivity index (χ4n) is 2.60. The minimum Gasteiger partial charge on any atom is -0.379 e. The molecule has 1 saturated heterocycles. The van der Waals surface area contributed by atoms with E-state index in [9.17, 15) is 14.0 Å². The molecule has 1 aliphatic heterocycles. The van der Waals surface area contributed by atoms with Gasteiger partial charge in [-0.2, -0.15) is 4.98 Å². The second kappa shape index (κ2) is 8.00. The van der Waals surface area contributed by atoms with Gasteiger partial charge in [0, 0.05) is 31.7 Å². The van der Waals surface area contributed by atoms with Gasteiger partial charge >= 0.3 is 5.69 Å². The highest BCUT2D eigenvalue weighted by Gasteiger charge is 2.13. The summed E-state index contributed by atoms with van der Waals surface area (Å²) in [5.74, 6) is -0.759. The van der Waals surface area contributed by atoms with Gasteiger partial charge in [-0.25, -0.2) is 9.18 Å². The van der Waals surface area contributed by atoms with Crippen LogP contribution in [0, 0.1) is 5.82 Å². The van der Waals surface area contributed by atoms with Crippen LogP contribution in [0.15, 0.2) is 35.1 Å². The van der Waals surface area contributed by atoms with Crippen LogP contribution in [-0.2, 0) is 4.74 Å². The maximum Gasteiger partial charge on any atom is 0.346 e. The number of aromatic amines is 1. The standard InChI is InChI=1S/C17H19FN4O3/c18-13-3-1-12(2-4-13)14-11-15(21-17(24)20-14)16(23)19-5-6-22-7-9-25-10-8-22/h1-4,11H,5-10H2,(H,19,23)(H,20,21,24). The summed E-state index contributed by atoms with van der Waals surface area (Å²) in [6, 6.07) is 7.06. The number of carbonyl (C=O) groups is 1. The van der Waals surface area contributed by atoms with Crippen molar-refractivity contribution in [2.45, 2.75) is 0 Å². The van der Waals surface area contributed by atoms with Gasteiger partial charge in [0.2, 0.25) is 0 Å². The third kappa shape index (κ3) is 4.71. The molecule has 25 heavy (non-hydrogen) atoms. The maximum atomic E-state index is 13.0. The highest BCUT2D eigenvalue weighted by atomic mass is 19.1. The van der Waals surface area contributed by atoms with Gasteiger partial charge in [-0.3, -0.25) is 9.69 Å². The van der Waals surface area contributed by atoms with Gasteiger partial charge in [0.05, 0.1) is 18.9 Å². The smallest absolute Gasteiger partial charge is 0.346 e. The molecule has 2 heterocycles. The molecule has 1 aromatic heterocycles. The van der Waals surface area contributed by atoms with Gasteiger partial charge < -0.3 is 15.0 Å². The van der Waals surface area contributed by atoms with E-state index < -0.39 is 5.69 Å². The Balaban J connectivity index is 1.65. The van der Waals surface area contributed by atoms with Crippen LogP contribution in [0.25, 0.3) is 11.3 Å². The maximum absolute atomic E-state index is 13.0. The normalized spacial score (nSPS) is 15.1. The van der Waals surface area contributed by atoms with E-state index in [4.69, 9.17) is 4.74 Å². The van der Waals surface area contributed by atoms with E-state index in [2.05, 4.69) is 20.2 Å². The number of benzene rings is 1. The molecule has 2 aromatic rings. The molecule has 0 spiro atoms. The first-order chi connectivity index (χ1) is 12.1. The Kier molecular flexibility index (Phi) is 5.52. The largest absolute Gasteiger partial charge is 0.379 e. The number of aromatic nitrogens is 2. The number of amides is 1. The van der Waals surface area contributed by atoms with Crippen LogP contribution in [0.1, 0.15) is 10.5 Å². The molecule has 0 atom stereocenters. The molecule has 1 amide bonds. The second-order valence-corrected chi connectivity index (χ2v) is 5.70. The van der Waals surface area contributed by atoms with Gasteiger partial charge in [0.15, 0.2) is 0 Å². The number of hydrogen-bond donors (Lipinski definition) is 2. The van der Waals surface area contributed by atoms with Crippen molar-refractivity contribution in [2.75, 3.05) is 39.4 Å². The summed E-state index contributed by atoms with van der Waals surface area (Å²) in [4.78, 5) is 32.5. The van der Waals surface area contributed by atoms with Crippen LogP contribution in [0.4, 0.5) is 4.39 Å². The number of hydrogen-bond acceptors (Lipinski definition) is 5. The number of carbonyl (C=O) groups excluding carboxylic acids is 1. The molecular weight excluding hydrogens is 327 g/mol. The van der Waals surface area contributed by atoms with Gasteiger partial charge in [0.25, 0.3) is 5.91 Å². The van der Waals surface area contributed by atoms with E-state index in [1.807, 2.05) is 0 Å². The number of nitrogens with one attached hydrogen (secondary N) is 2. The van der Waals surface area contributed by atoms with Crippen LogP contribution in [0.3, 0.4) is 0 Å². The third-order valence-electron chi connectivity index (χ3n) is 3.95. The molecule has 0 bridgehead atoms. The summed E-state index contributed by atoms with van der Waals surface area (Å²) in [7, 11) is 0. The number of H-pyrrole nitrogens is 1. The predicted molar refractivity (Wildman–Crippen MR) is 89.8 cm³/mol. The highest BCUT2D eigenvalue weighted by Crippen LogP contribution is 2.16. The number of rotatable bonds is 5. The lowest BCUT2D eigenvalue weighted by Gasteiger charge is -2.26. The predicted octanol–water partition coefficient (Wildman–Crippen LogP) is 0.638. The SMILES string of the molecule is O=C(NCCN1CCOCC1)c1cc(-c2ccc(F)cc2)nc(=O)[nH]1. The third-order valence-corrected chi connectivity index (χ3v) is 3.95. The summed E-state index contributed by atoms with van der Waals surface area (Å²) in [5.41, 5.74) is 0.387. The molecule has 7 nitrogen and oxygen atoms in total. The lowest BCUT2D eigenvalue weighted by atomic mass is 10.1. The molecular formula is C17H19FN4O3. The van der Waals surface area contributed by atoms with E-state index in [0.29, 0.717) is 31.0 Å². The van der Waals surface area contributed by atoms with Gasteiger partial charge in [-0.15, -0.1) is 0 Å². The molecule has 1 aromatic carbocycles. The molecule has 0 unspecified atom stereocenters. The van der Waals surface area contributed by atoms with Crippen molar-refractivity contribution in [2.24, 2.45) is 0 Å². The Hall–Kier alpha value is -2.58. The first kappa shape index (κ1) is 17.2. The van der Waals surface area contributed by atoms with E-state index in [1.54, 1.807) is 0 Å². The minimum absolute atomic E-state index is 0.126. The van der Waals surface area contributed by atoms with Crippen molar-refractivity contribution in [3.8, 4) is 11.3 Å². The number of morpholine rings is 1. The minimum atomic E-state index is -0.625. The van der Waals surface area contributed by atoms with E-state index >= 15 is 0 Å². The molecule has 2 N–H and O–H groups in total. The van der Waals surface area contributed by atoms with Gasteiger partial charge in [0.1, 0.15) is 11.5 Å². The molecule has 0 saturated carbocycles. The molecule has 0 radical (unpaired) electrons. The van der Waals surface area contributed by atoms with Gasteiger partial charge in [-0.1, -0.05) is 0 Å². The number of halogens is 1. The summed E-state index contributed by atoms with van der Waals surface area (Å²) in [6.07, 6.45) is 0. The molecule has 1 aliphatic rings. The van der Waals surface area contributed by atoms with E-state index in [1.165, 1.54) is 30.3 Å². The van der Waals surface area contributed by atoms with Crippen molar-refractivity contribution in [1.82, 2.24) is 20.2 Å². The van der Waals surface area contributed by atoms with Crippen LogP contribution < -0.4 is 11.0 Å². The Morgan fingerprint density at radius 3 is 2.72 bits per heavy atom. The molecule has 1 fully saturated rings. The van der Waals surface area contributed by atoms with Crippen molar-refractivity contribution in [1.29, 1.82) is 0 Å². The topological polar surface area (TPSA) is 87.3 Å². The summed E-state index contributed by atoms with van der Waals surface area (Å²) >= 11 is 0. The summed E-state index contributed by atoms with van der Waals surface area (Å²) in [6.45, 7) is 4.27. The lowest BCUT2D eigenvalue weighted by Crippen LogP contribution is -2.41. The summed E-state index contributed by atoms with van der Waals surface area (Å²) < 4.78 is 18.3. The van der Waals surface area contributed by atoms with Gasteiger partial charge in [-0.05, 0) is 30.3 Å². The monoisotopic (exact) mass is 346 g/mol. The quantitative estimate of drug-likeness (QED) is 0.830. The Labute approximate surface area is 143 Å². The van der Waals surface area contributed by atoms with Crippen LogP contribution in [0.2, 0.25) is 0 Å². The van der Waals surface area contributed by atoms with Crippen molar-refractivity contribution in [3.63, 3.8) is 0 Å². The zero-order valence-corrected chi connectivity index (χ0v) is 13.6. The molecule has 8 heteroatoms. The van der Waals surface area contributed by atoms with Crippen molar-refractivity contribution < 1.29 is 13.9 Å². The number of ether oxygens (including phenoxy) is 1. The highest BCUT2D eigenvalue weighted by molar-refractivity contribution is 5.93.